The topological polar surface area (TPSA) is 34.1 Å². The van der Waals surface area contributed by atoms with Gasteiger partial charge in [-0.2, -0.15) is 0 Å². The van der Waals surface area contributed by atoms with Gasteiger partial charge in [0.15, 0.2) is 9.84 Å². The SMILES string of the molecule is CCCC[C@]1(CC)CS(=O)(=O)c2ccccc2C(c2ccccc2)[C@H]1C. The first kappa shape index (κ1) is 19.2. The van der Waals surface area contributed by atoms with E-state index < -0.39 is 9.84 Å². The summed E-state index contributed by atoms with van der Waals surface area (Å²) in [5.41, 5.74) is 2.01. The molecule has 2 nitrogen and oxygen atoms in total. The summed E-state index contributed by atoms with van der Waals surface area (Å²) in [7, 11) is -3.30. The van der Waals surface area contributed by atoms with E-state index in [0.29, 0.717) is 4.90 Å². The van der Waals surface area contributed by atoms with Crippen molar-refractivity contribution in [3.8, 4) is 0 Å². The molecule has 26 heavy (non-hydrogen) atoms. The Morgan fingerprint density at radius 3 is 2.31 bits per heavy atom. The summed E-state index contributed by atoms with van der Waals surface area (Å²) in [5, 5.41) is 0. The van der Waals surface area contributed by atoms with E-state index in [9.17, 15) is 8.42 Å². The summed E-state index contributed by atoms with van der Waals surface area (Å²) < 4.78 is 26.7. The summed E-state index contributed by atoms with van der Waals surface area (Å²) in [4.78, 5) is 0.535. The third kappa shape index (κ3) is 3.34. The van der Waals surface area contributed by atoms with Crippen molar-refractivity contribution in [1.82, 2.24) is 0 Å². The molecule has 1 aliphatic rings. The van der Waals surface area contributed by atoms with E-state index in [1.165, 1.54) is 5.56 Å². The molecule has 1 heterocycles. The van der Waals surface area contributed by atoms with E-state index in [2.05, 4.69) is 45.0 Å². The molecule has 0 N–H and O–H groups in total. The van der Waals surface area contributed by atoms with Crippen LogP contribution < -0.4 is 0 Å². The molecule has 0 radical (unpaired) electrons. The summed E-state index contributed by atoms with van der Waals surface area (Å²) >= 11 is 0. The van der Waals surface area contributed by atoms with Gasteiger partial charge in [0.05, 0.1) is 10.6 Å². The van der Waals surface area contributed by atoms with E-state index >= 15 is 0 Å². The summed E-state index contributed by atoms with van der Waals surface area (Å²) in [6, 6.07) is 18.1. The van der Waals surface area contributed by atoms with Crippen molar-refractivity contribution >= 4 is 9.84 Å². The maximum absolute atomic E-state index is 13.4. The van der Waals surface area contributed by atoms with Gasteiger partial charge in [-0.3, -0.25) is 0 Å². The van der Waals surface area contributed by atoms with Crippen molar-refractivity contribution in [3.63, 3.8) is 0 Å². The van der Waals surface area contributed by atoms with Crippen LogP contribution in [-0.2, 0) is 9.84 Å². The molecule has 0 saturated heterocycles. The summed E-state index contributed by atoms with van der Waals surface area (Å²) in [6.07, 6.45) is 4.03. The van der Waals surface area contributed by atoms with Crippen LogP contribution in [0.4, 0.5) is 0 Å². The van der Waals surface area contributed by atoms with Crippen LogP contribution in [0.25, 0.3) is 0 Å². The maximum atomic E-state index is 13.4. The smallest absolute Gasteiger partial charge is 0.179 e. The Bertz CT molecular complexity index is 842. The number of fused-ring (bicyclic) bond motifs is 1. The molecule has 3 rings (SSSR count). The number of rotatable bonds is 5. The Balaban J connectivity index is 2.25. The number of unbranched alkanes of at least 4 members (excludes halogenated alkanes) is 1. The van der Waals surface area contributed by atoms with Crippen LogP contribution in [0.15, 0.2) is 59.5 Å². The number of sulfone groups is 1. The standard InChI is InChI=1S/C23H30O2S/c1-4-6-16-23(5-2)17-26(24,25)21-15-11-10-14-20(21)22(18(23)3)19-12-8-7-9-13-19/h7-15,18,22H,4-6,16-17H2,1-3H3/t18-,22?,23-/m1/s1. The van der Waals surface area contributed by atoms with Crippen molar-refractivity contribution in [1.29, 1.82) is 0 Å². The molecule has 0 spiro atoms. The monoisotopic (exact) mass is 370 g/mol. The molecule has 0 amide bonds. The Kier molecular flexibility index (Phi) is 5.57. The average molecular weight is 371 g/mol. The van der Waals surface area contributed by atoms with Crippen molar-refractivity contribution in [3.05, 3.63) is 65.7 Å². The second-order valence-corrected chi connectivity index (χ2v) is 9.75. The van der Waals surface area contributed by atoms with Gasteiger partial charge in [-0.15, -0.1) is 0 Å². The first-order valence-corrected chi connectivity index (χ1v) is 11.5. The molecule has 1 unspecified atom stereocenters. The predicted molar refractivity (Wildman–Crippen MR) is 108 cm³/mol. The minimum Gasteiger partial charge on any atom is -0.224 e. The summed E-state index contributed by atoms with van der Waals surface area (Å²) in [5.74, 6) is 0.638. The zero-order valence-corrected chi connectivity index (χ0v) is 16.9. The lowest BCUT2D eigenvalue weighted by molar-refractivity contribution is 0.160. The molecule has 0 aromatic heterocycles. The third-order valence-corrected chi connectivity index (χ3v) is 8.42. The molecule has 2 aromatic rings. The van der Waals surface area contributed by atoms with Crippen LogP contribution in [0.5, 0.6) is 0 Å². The van der Waals surface area contributed by atoms with Gasteiger partial charge in [0.2, 0.25) is 0 Å². The van der Waals surface area contributed by atoms with Gasteiger partial charge in [0, 0.05) is 5.92 Å². The van der Waals surface area contributed by atoms with Crippen LogP contribution in [0.2, 0.25) is 0 Å². The van der Waals surface area contributed by atoms with E-state index in [4.69, 9.17) is 0 Å². The second kappa shape index (κ2) is 7.56. The fraction of sp³-hybridized carbons (Fsp3) is 0.478. The molecular formula is C23H30O2S. The molecule has 1 aliphatic heterocycles. The van der Waals surface area contributed by atoms with Gasteiger partial charge in [-0.1, -0.05) is 82.1 Å². The normalized spacial score (nSPS) is 27.5. The Labute approximate surface area is 158 Å². The zero-order valence-electron chi connectivity index (χ0n) is 16.1. The van der Waals surface area contributed by atoms with E-state index in [1.54, 1.807) is 6.07 Å². The molecule has 3 heteroatoms. The van der Waals surface area contributed by atoms with Gasteiger partial charge in [0.1, 0.15) is 0 Å². The highest BCUT2D eigenvalue weighted by molar-refractivity contribution is 7.91. The van der Waals surface area contributed by atoms with Gasteiger partial charge < -0.3 is 0 Å². The molecule has 0 bridgehead atoms. The molecule has 140 valence electrons. The zero-order chi connectivity index (χ0) is 18.8. The predicted octanol–water partition coefficient (Wildman–Crippen LogP) is 5.83. The lowest BCUT2D eigenvalue weighted by atomic mass is 9.64. The molecular weight excluding hydrogens is 340 g/mol. The van der Waals surface area contributed by atoms with Gasteiger partial charge in [-0.05, 0) is 41.4 Å². The van der Waals surface area contributed by atoms with Crippen molar-refractivity contribution in [2.75, 3.05) is 5.75 Å². The van der Waals surface area contributed by atoms with Crippen LogP contribution in [0.1, 0.15) is 63.5 Å². The van der Waals surface area contributed by atoms with E-state index in [1.807, 2.05) is 24.3 Å². The molecule has 0 fully saturated rings. The molecule has 3 atom stereocenters. The minimum absolute atomic E-state index is 0.112. The fourth-order valence-electron chi connectivity index (χ4n) is 4.79. The Morgan fingerprint density at radius 1 is 1.00 bits per heavy atom. The molecule has 0 saturated carbocycles. The van der Waals surface area contributed by atoms with Crippen LogP contribution >= 0.6 is 0 Å². The minimum atomic E-state index is -3.30. The average Bonchev–Trinajstić information content (AvgIpc) is 2.73. The highest BCUT2D eigenvalue weighted by Gasteiger charge is 2.47. The molecule has 2 aromatic carbocycles. The van der Waals surface area contributed by atoms with Crippen molar-refractivity contribution in [2.45, 2.75) is 57.3 Å². The molecule has 0 aliphatic carbocycles. The Hall–Kier alpha value is -1.61. The lowest BCUT2D eigenvalue weighted by Crippen LogP contribution is -2.37. The van der Waals surface area contributed by atoms with Gasteiger partial charge in [0.25, 0.3) is 0 Å². The first-order chi connectivity index (χ1) is 12.4. The van der Waals surface area contributed by atoms with Gasteiger partial charge in [-0.25, -0.2) is 8.42 Å². The van der Waals surface area contributed by atoms with Crippen LogP contribution in [0.3, 0.4) is 0 Å². The van der Waals surface area contributed by atoms with Gasteiger partial charge >= 0.3 is 0 Å². The fourth-order valence-corrected chi connectivity index (χ4v) is 7.15. The van der Waals surface area contributed by atoms with Crippen LogP contribution in [0, 0.1) is 11.3 Å². The Morgan fingerprint density at radius 2 is 1.65 bits per heavy atom. The first-order valence-electron chi connectivity index (χ1n) is 9.82. The van der Waals surface area contributed by atoms with Crippen molar-refractivity contribution in [2.24, 2.45) is 11.3 Å². The quantitative estimate of drug-likeness (QED) is 0.664. The third-order valence-electron chi connectivity index (χ3n) is 6.42. The number of benzene rings is 2. The lowest BCUT2D eigenvalue weighted by Gasteiger charge is -2.41. The van der Waals surface area contributed by atoms with Crippen LogP contribution in [-0.4, -0.2) is 14.2 Å². The maximum Gasteiger partial charge on any atom is 0.179 e. The highest BCUT2D eigenvalue weighted by Crippen LogP contribution is 2.52. The van der Waals surface area contributed by atoms with E-state index in [-0.39, 0.29) is 23.0 Å². The van der Waals surface area contributed by atoms with E-state index in [0.717, 1.165) is 31.2 Å². The number of hydrogen-bond donors (Lipinski definition) is 0. The number of hydrogen-bond acceptors (Lipinski definition) is 2. The summed E-state index contributed by atoms with van der Waals surface area (Å²) in [6.45, 7) is 6.62. The highest BCUT2D eigenvalue weighted by atomic mass is 32.2. The van der Waals surface area contributed by atoms with Crippen molar-refractivity contribution < 1.29 is 8.42 Å². The second-order valence-electron chi connectivity index (χ2n) is 7.79. The largest absolute Gasteiger partial charge is 0.224 e.